The standard InChI is InChI=1S/C27H38BrN5O2Si/c1-7-18-14-21(35-36(5,6)27(2,3)4)8-9-23(18)32-26(29)22-16-30-33-17-19(28)15-24(33)25(22)31-20-10-12-34-13-11-20/h8-9,14-17,20,31H,7,10-13H2,1-6H3,(H2,29,32). The van der Waals surface area contributed by atoms with Gasteiger partial charge in [-0.25, -0.2) is 9.51 Å². The van der Waals surface area contributed by atoms with Crippen LogP contribution in [0.3, 0.4) is 0 Å². The summed E-state index contributed by atoms with van der Waals surface area (Å²) in [6.07, 6.45) is 6.46. The molecular weight excluding hydrogens is 534 g/mol. The van der Waals surface area contributed by atoms with E-state index in [4.69, 9.17) is 19.9 Å². The summed E-state index contributed by atoms with van der Waals surface area (Å²) in [5.74, 6) is 1.34. The lowest BCUT2D eigenvalue weighted by Gasteiger charge is -2.36. The Kier molecular flexibility index (Phi) is 7.82. The van der Waals surface area contributed by atoms with Crippen LogP contribution < -0.4 is 15.5 Å². The highest BCUT2D eigenvalue weighted by molar-refractivity contribution is 9.10. The van der Waals surface area contributed by atoms with Crippen LogP contribution in [0.15, 0.2) is 46.1 Å². The number of nitrogens with zero attached hydrogens (tertiary/aromatic N) is 3. The summed E-state index contributed by atoms with van der Waals surface area (Å²) in [6.45, 7) is 14.9. The van der Waals surface area contributed by atoms with Crippen molar-refractivity contribution < 1.29 is 9.16 Å². The van der Waals surface area contributed by atoms with Crippen molar-refractivity contribution >= 4 is 47.0 Å². The lowest BCUT2D eigenvalue weighted by atomic mass is 10.1. The van der Waals surface area contributed by atoms with Crippen LogP contribution in [0.1, 0.15) is 51.7 Å². The number of hydrogen-bond acceptors (Lipinski definition) is 5. The average molecular weight is 573 g/mol. The Morgan fingerprint density at radius 3 is 2.67 bits per heavy atom. The minimum atomic E-state index is -1.93. The molecule has 1 aliphatic rings. The third-order valence-corrected chi connectivity index (χ3v) is 12.1. The van der Waals surface area contributed by atoms with E-state index in [-0.39, 0.29) is 5.04 Å². The number of aliphatic imine (C=N–C) groups is 1. The molecule has 4 rings (SSSR count). The summed E-state index contributed by atoms with van der Waals surface area (Å²) >= 11 is 3.58. The Morgan fingerprint density at radius 1 is 1.28 bits per heavy atom. The summed E-state index contributed by atoms with van der Waals surface area (Å²) in [6, 6.07) is 8.50. The van der Waals surface area contributed by atoms with E-state index in [2.05, 4.69) is 79.3 Å². The zero-order valence-corrected chi connectivity index (χ0v) is 24.8. The molecule has 194 valence electrons. The van der Waals surface area contributed by atoms with Gasteiger partial charge in [-0.2, -0.15) is 5.10 Å². The van der Waals surface area contributed by atoms with Crippen LogP contribution in [-0.4, -0.2) is 43.0 Å². The van der Waals surface area contributed by atoms with Crippen molar-refractivity contribution in [3.8, 4) is 5.75 Å². The SMILES string of the molecule is CCc1cc(O[Si](C)(C)C(C)(C)C)ccc1N=C(N)c1cnn2cc(Br)cc2c1NC1CCOCC1. The zero-order chi connectivity index (χ0) is 26.1. The molecule has 1 aliphatic heterocycles. The molecule has 0 amide bonds. The van der Waals surface area contributed by atoms with E-state index >= 15 is 0 Å². The molecule has 0 aliphatic carbocycles. The highest BCUT2D eigenvalue weighted by atomic mass is 79.9. The van der Waals surface area contributed by atoms with Gasteiger partial charge in [0.1, 0.15) is 11.6 Å². The molecule has 0 spiro atoms. The second-order valence-corrected chi connectivity index (χ2v) is 16.6. The molecule has 0 atom stereocenters. The molecule has 9 heteroatoms. The van der Waals surface area contributed by atoms with Crippen LogP contribution in [0.25, 0.3) is 5.52 Å². The number of aryl methyl sites for hydroxylation is 1. The number of anilines is 1. The maximum absolute atomic E-state index is 6.65. The van der Waals surface area contributed by atoms with E-state index < -0.39 is 8.32 Å². The maximum Gasteiger partial charge on any atom is 0.250 e. The number of ether oxygens (including phenoxy) is 1. The first-order valence-corrected chi connectivity index (χ1v) is 16.4. The first-order chi connectivity index (χ1) is 17.0. The fourth-order valence-corrected chi connectivity index (χ4v) is 5.51. The lowest BCUT2D eigenvalue weighted by molar-refractivity contribution is 0.0904. The van der Waals surface area contributed by atoms with Crippen LogP contribution in [0.2, 0.25) is 18.1 Å². The molecule has 7 nitrogen and oxygen atoms in total. The van der Waals surface area contributed by atoms with Gasteiger partial charge in [-0.15, -0.1) is 0 Å². The van der Waals surface area contributed by atoms with Crippen molar-refractivity contribution in [3.05, 3.63) is 52.3 Å². The topological polar surface area (TPSA) is 86.2 Å². The van der Waals surface area contributed by atoms with Gasteiger partial charge < -0.3 is 20.2 Å². The van der Waals surface area contributed by atoms with Crippen LogP contribution >= 0.6 is 15.9 Å². The van der Waals surface area contributed by atoms with Crippen LogP contribution in [0.4, 0.5) is 11.4 Å². The van der Waals surface area contributed by atoms with E-state index in [1.807, 2.05) is 22.8 Å². The quantitative estimate of drug-likeness (QED) is 0.188. The molecule has 3 aromatic rings. The third kappa shape index (κ3) is 5.79. The molecule has 3 N–H and O–H groups in total. The Bertz CT molecular complexity index is 1260. The first kappa shape index (κ1) is 26.7. The van der Waals surface area contributed by atoms with Crippen LogP contribution in [0, 0.1) is 0 Å². The second kappa shape index (κ2) is 10.6. The molecular formula is C27H38BrN5O2Si. The number of aromatic nitrogens is 2. The van der Waals surface area contributed by atoms with Gasteiger partial charge in [0.2, 0.25) is 8.32 Å². The maximum atomic E-state index is 6.65. The second-order valence-electron chi connectivity index (χ2n) is 11.0. The normalized spacial score (nSPS) is 15.9. The van der Waals surface area contributed by atoms with Crippen molar-refractivity contribution in [1.82, 2.24) is 9.61 Å². The number of nitrogens with two attached hydrogens (primary N) is 1. The number of amidine groups is 1. The largest absolute Gasteiger partial charge is 0.543 e. The molecule has 1 aromatic carbocycles. The minimum absolute atomic E-state index is 0.133. The molecule has 1 saturated heterocycles. The lowest BCUT2D eigenvalue weighted by Crippen LogP contribution is -2.43. The van der Waals surface area contributed by atoms with E-state index in [9.17, 15) is 0 Å². The van der Waals surface area contributed by atoms with Gasteiger partial charge in [-0.1, -0.05) is 27.7 Å². The van der Waals surface area contributed by atoms with Crippen molar-refractivity contribution in [1.29, 1.82) is 0 Å². The minimum Gasteiger partial charge on any atom is -0.543 e. The Labute approximate surface area is 223 Å². The van der Waals surface area contributed by atoms with Gasteiger partial charge in [0.05, 0.1) is 28.7 Å². The van der Waals surface area contributed by atoms with E-state index in [1.165, 1.54) is 0 Å². The van der Waals surface area contributed by atoms with Gasteiger partial charge in [0.25, 0.3) is 0 Å². The van der Waals surface area contributed by atoms with Gasteiger partial charge in [-0.05, 0) is 83.2 Å². The summed E-state index contributed by atoms with van der Waals surface area (Å²) in [5.41, 5.74) is 11.3. The van der Waals surface area contributed by atoms with E-state index in [0.29, 0.717) is 11.9 Å². The summed E-state index contributed by atoms with van der Waals surface area (Å²) in [4.78, 5) is 4.88. The fraction of sp³-hybridized carbons (Fsp3) is 0.481. The number of hydrogen-bond donors (Lipinski definition) is 2. The monoisotopic (exact) mass is 571 g/mol. The average Bonchev–Trinajstić information content (AvgIpc) is 3.20. The fourth-order valence-electron chi connectivity index (χ4n) is 4.07. The smallest absolute Gasteiger partial charge is 0.250 e. The summed E-state index contributed by atoms with van der Waals surface area (Å²) in [5, 5.41) is 8.43. The molecule has 3 heterocycles. The van der Waals surface area contributed by atoms with Crippen molar-refractivity contribution in [2.75, 3.05) is 18.5 Å². The predicted molar refractivity (Wildman–Crippen MR) is 154 cm³/mol. The number of fused-ring (bicyclic) bond motifs is 1. The van der Waals surface area contributed by atoms with Gasteiger partial charge >= 0.3 is 0 Å². The van der Waals surface area contributed by atoms with Gasteiger partial charge in [0, 0.05) is 29.9 Å². The summed E-state index contributed by atoms with van der Waals surface area (Å²) < 4.78 is 14.9. The molecule has 0 unspecified atom stereocenters. The predicted octanol–water partition coefficient (Wildman–Crippen LogP) is 6.67. The molecule has 2 aromatic heterocycles. The number of benzene rings is 1. The zero-order valence-electron chi connectivity index (χ0n) is 22.2. The van der Waals surface area contributed by atoms with Crippen LogP contribution in [-0.2, 0) is 11.2 Å². The van der Waals surface area contributed by atoms with Crippen molar-refractivity contribution in [2.24, 2.45) is 10.7 Å². The number of rotatable bonds is 7. The number of halogens is 1. The molecule has 36 heavy (non-hydrogen) atoms. The van der Waals surface area contributed by atoms with Gasteiger partial charge in [-0.3, -0.25) is 0 Å². The van der Waals surface area contributed by atoms with Crippen molar-refractivity contribution in [3.63, 3.8) is 0 Å². The highest BCUT2D eigenvalue weighted by Gasteiger charge is 2.39. The van der Waals surface area contributed by atoms with Crippen LogP contribution in [0.5, 0.6) is 5.75 Å². The molecule has 1 fully saturated rings. The molecule has 0 saturated carbocycles. The van der Waals surface area contributed by atoms with Gasteiger partial charge in [0.15, 0.2) is 0 Å². The third-order valence-electron chi connectivity index (χ3n) is 7.30. The van der Waals surface area contributed by atoms with E-state index in [1.54, 1.807) is 6.20 Å². The first-order valence-electron chi connectivity index (χ1n) is 12.7. The Hall–Kier alpha value is -2.36. The molecule has 0 radical (unpaired) electrons. The van der Waals surface area contributed by atoms with E-state index in [0.717, 1.165) is 70.7 Å². The molecule has 0 bridgehead atoms. The number of nitrogens with one attached hydrogen (secondary N) is 1. The Balaban J connectivity index is 1.70. The Morgan fingerprint density at radius 2 is 2.00 bits per heavy atom. The highest BCUT2D eigenvalue weighted by Crippen LogP contribution is 2.38. The summed E-state index contributed by atoms with van der Waals surface area (Å²) in [7, 11) is -1.93. The van der Waals surface area contributed by atoms with Crippen molar-refractivity contribution in [2.45, 2.75) is 71.1 Å².